The van der Waals surface area contributed by atoms with Crippen molar-refractivity contribution >= 4 is 46.4 Å². The van der Waals surface area contributed by atoms with Gasteiger partial charge in [0.05, 0.1) is 5.02 Å². The minimum atomic E-state index is -0.404. The first-order chi connectivity index (χ1) is 11.6. The highest BCUT2D eigenvalue weighted by Crippen LogP contribution is 2.49. The second-order valence-electron chi connectivity index (χ2n) is 5.08. The molecule has 2 aromatic rings. The van der Waals surface area contributed by atoms with Crippen molar-refractivity contribution in [2.24, 2.45) is 0 Å². The summed E-state index contributed by atoms with van der Waals surface area (Å²) in [6.07, 6.45) is 0. The highest BCUT2D eigenvalue weighted by Gasteiger charge is 2.28. The standard InChI is InChI=1S/C18H12Cl2N2OS/c1-2-22-18(23)13(9-21)16-11-5-3-4-6-15(11)24-17-12(16)7-10(19)8-14(17)20/h3-8H,2H2,1H3,(H,22,23)/b16-13+. The maximum Gasteiger partial charge on any atom is 0.262 e. The van der Waals surface area contributed by atoms with Crippen LogP contribution in [0, 0.1) is 11.3 Å². The number of rotatable bonds is 2. The predicted molar refractivity (Wildman–Crippen MR) is 97.3 cm³/mol. The Kier molecular flexibility index (Phi) is 4.86. The second-order valence-corrected chi connectivity index (χ2v) is 6.98. The first kappa shape index (κ1) is 16.9. The zero-order valence-corrected chi connectivity index (χ0v) is 15.0. The Morgan fingerprint density at radius 1 is 1.25 bits per heavy atom. The van der Waals surface area contributed by atoms with Crippen LogP contribution in [0.15, 0.2) is 51.8 Å². The maximum atomic E-state index is 12.4. The molecule has 1 aliphatic rings. The van der Waals surface area contributed by atoms with Gasteiger partial charge >= 0.3 is 0 Å². The number of amides is 1. The van der Waals surface area contributed by atoms with E-state index in [1.165, 1.54) is 11.8 Å². The molecule has 2 aromatic carbocycles. The largest absolute Gasteiger partial charge is 0.352 e. The number of fused-ring (bicyclic) bond motifs is 2. The molecule has 6 heteroatoms. The van der Waals surface area contributed by atoms with Gasteiger partial charge < -0.3 is 5.32 Å². The van der Waals surface area contributed by atoms with E-state index in [1.54, 1.807) is 12.1 Å². The van der Waals surface area contributed by atoms with Crippen LogP contribution in [0.4, 0.5) is 0 Å². The molecule has 0 unspecified atom stereocenters. The summed E-state index contributed by atoms with van der Waals surface area (Å²) in [7, 11) is 0. The third-order valence-electron chi connectivity index (χ3n) is 3.57. The molecular weight excluding hydrogens is 363 g/mol. The summed E-state index contributed by atoms with van der Waals surface area (Å²) in [5.41, 5.74) is 2.16. The molecule has 0 atom stereocenters. The molecule has 0 radical (unpaired) electrons. The van der Waals surface area contributed by atoms with Crippen molar-refractivity contribution in [1.82, 2.24) is 5.32 Å². The molecule has 1 heterocycles. The summed E-state index contributed by atoms with van der Waals surface area (Å²) in [5.74, 6) is -0.404. The third-order valence-corrected chi connectivity index (χ3v) is 5.42. The topological polar surface area (TPSA) is 52.9 Å². The number of nitriles is 1. The number of benzene rings is 2. The first-order valence-electron chi connectivity index (χ1n) is 7.26. The Balaban J connectivity index is 2.37. The molecule has 0 aromatic heterocycles. The third kappa shape index (κ3) is 2.91. The Morgan fingerprint density at radius 2 is 2.00 bits per heavy atom. The highest BCUT2D eigenvalue weighted by atomic mass is 35.5. The van der Waals surface area contributed by atoms with Crippen LogP contribution in [0.25, 0.3) is 5.57 Å². The number of hydrogen-bond acceptors (Lipinski definition) is 3. The van der Waals surface area contributed by atoms with E-state index in [4.69, 9.17) is 23.2 Å². The zero-order valence-electron chi connectivity index (χ0n) is 12.7. The summed E-state index contributed by atoms with van der Waals surface area (Å²) < 4.78 is 0. The van der Waals surface area contributed by atoms with Gasteiger partial charge in [-0.15, -0.1) is 0 Å². The summed E-state index contributed by atoms with van der Waals surface area (Å²) in [6, 6.07) is 13.1. The number of likely N-dealkylation sites (N-methyl/N-ethyl adjacent to an activating group) is 1. The predicted octanol–water partition coefficient (Wildman–Crippen LogP) is 4.92. The van der Waals surface area contributed by atoms with Crippen molar-refractivity contribution in [2.45, 2.75) is 16.7 Å². The molecule has 0 saturated carbocycles. The molecule has 1 aliphatic heterocycles. The fraction of sp³-hybridized carbons (Fsp3) is 0.111. The van der Waals surface area contributed by atoms with Gasteiger partial charge in [-0.2, -0.15) is 5.26 Å². The molecule has 1 N–H and O–H groups in total. The zero-order chi connectivity index (χ0) is 17.3. The molecule has 24 heavy (non-hydrogen) atoms. The highest BCUT2D eigenvalue weighted by molar-refractivity contribution is 7.99. The fourth-order valence-electron chi connectivity index (χ4n) is 2.61. The number of nitrogens with one attached hydrogen (secondary N) is 1. The molecular formula is C18H12Cl2N2OS. The van der Waals surface area contributed by atoms with E-state index in [1.807, 2.05) is 37.3 Å². The van der Waals surface area contributed by atoms with Crippen LogP contribution in [-0.2, 0) is 4.79 Å². The lowest BCUT2D eigenvalue weighted by Gasteiger charge is -2.24. The second kappa shape index (κ2) is 6.90. The van der Waals surface area contributed by atoms with Crippen LogP contribution in [0.5, 0.6) is 0 Å². The Hall–Kier alpha value is -1.93. The van der Waals surface area contributed by atoms with Gasteiger partial charge in [0.1, 0.15) is 11.6 Å². The Labute approximate surface area is 154 Å². The maximum absolute atomic E-state index is 12.4. The Bertz CT molecular complexity index is 916. The fourth-order valence-corrected chi connectivity index (χ4v) is 4.29. The van der Waals surface area contributed by atoms with E-state index in [0.717, 1.165) is 15.4 Å². The number of hydrogen-bond donors (Lipinski definition) is 1. The van der Waals surface area contributed by atoms with Crippen LogP contribution in [0.2, 0.25) is 10.0 Å². The van der Waals surface area contributed by atoms with Gasteiger partial charge in [-0.05, 0) is 30.7 Å². The van der Waals surface area contributed by atoms with Crippen molar-refractivity contribution in [1.29, 1.82) is 5.26 Å². The molecule has 120 valence electrons. The van der Waals surface area contributed by atoms with E-state index in [-0.39, 0.29) is 5.57 Å². The quantitative estimate of drug-likeness (QED) is 0.511. The van der Waals surface area contributed by atoms with Gasteiger partial charge in [-0.25, -0.2) is 0 Å². The summed E-state index contributed by atoms with van der Waals surface area (Å²) in [4.78, 5) is 14.1. The molecule has 1 amide bonds. The number of carbonyl (C=O) groups excluding carboxylic acids is 1. The van der Waals surface area contributed by atoms with E-state index in [2.05, 4.69) is 5.32 Å². The Morgan fingerprint density at radius 3 is 2.71 bits per heavy atom. The van der Waals surface area contributed by atoms with Crippen molar-refractivity contribution in [3.05, 3.63) is 63.1 Å². The smallest absolute Gasteiger partial charge is 0.262 e. The van der Waals surface area contributed by atoms with E-state index in [0.29, 0.717) is 27.7 Å². The molecule has 0 fully saturated rings. The first-order valence-corrected chi connectivity index (χ1v) is 8.83. The number of nitrogens with zero attached hydrogens (tertiary/aromatic N) is 1. The van der Waals surface area contributed by atoms with Gasteiger partial charge in [-0.1, -0.05) is 53.2 Å². The lowest BCUT2D eigenvalue weighted by atomic mass is 9.92. The van der Waals surface area contributed by atoms with E-state index in [9.17, 15) is 10.1 Å². The summed E-state index contributed by atoms with van der Waals surface area (Å²) in [6.45, 7) is 2.25. The van der Waals surface area contributed by atoms with Crippen molar-refractivity contribution < 1.29 is 4.79 Å². The van der Waals surface area contributed by atoms with Crippen molar-refractivity contribution in [2.75, 3.05) is 6.54 Å². The number of carbonyl (C=O) groups is 1. The SMILES string of the molecule is CCNC(=O)/C(C#N)=C1\c2ccccc2Sc2c(Cl)cc(Cl)cc21. The lowest BCUT2D eigenvalue weighted by Crippen LogP contribution is -2.25. The molecule has 0 bridgehead atoms. The van der Waals surface area contributed by atoms with Crippen LogP contribution >= 0.6 is 35.0 Å². The minimum absolute atomic E-state index is 0.0594. The van der Waals surface area contributed by atoms with Crippen LogP contribution in [0.3, 0.4) is 0 Å². The average Bonchev–Trinajstić information content (AvgIpc) is 2.56. The van der Waals surface area contributed by atoms with Gasteiger partial charge in [0, 0.05) is 32.5 Å². The summed E-state index contributed by atoms with van der Waals surface area (Å²) in [5, 5.41) is 13.3. The van der Waals surface area contributed by atoms with Gasteiger partial charge in [-0.3, -0.25) is 4.79 Å². The monoisotopic (exact) mass is 374 g/mol. The average molecular weight is 375 g/mol. The molecule has 0 aliphatic carbocycles. The van der Waals surface area contributed by atoms with E-state index >= 15 is 0 Å². The molecule has 0 spiro atoms. The van der Waals surface area contributed by atoms with Gasteiger partial charge in [0.2, 0.25) is 0 Å². The lowest BCUT2D eigenvalue weighted by molar-refractivity contribution is -0.116. The van der Waals surface area contributed by atoms with Crippen molar-refractivity contribution in [3.8, 4) is 6.07 Å². The molecule has 0 saturated heterocycles. The van der Waals surface area contributed by atoms with E-state index < -0.39 is 5.91 Å². The molecule has 3 nitrogen and oxygen atoms in total. The minimum Gasteiger partial charge on any atom is -0.352 e. The number of halogens is 2. The van der Waals surface area contributed by atoms with Crippen molar-refractivity contribution in [3.63, 3.8) is 0 Å². The normalized spacial score (nSPS) is 14.2. The van der Waals surface area contributed by atoms with Gasteiger partial charge in [0.15, 0.2) is 0 Å². The van der Waals surface area contributed by atoms with Crippen LogP contribution in [-0.4, -0.2) is 12.5 Å². The summed E-state index contributed by atoms with van der Waals surface area (Å²) >= 11 is 14.0. The van der Waals surface area contributed by atoms with Gasteiger partial charge in [0.25, 0.3) is 5.91 Å². The van der Waals surface area contributed by atoms with Crippen LogP contribution in [0.1, 0.15) is 18.1 Å². The van der Waals surface area contributed by atoms with Crippen LogP contribution < -0.4 is 5.32 Å². The molecule has 3 rings (SSSR count).